The highest BCUT2D eigenvalue weighted by atomic mass is 32.1. The zero-order valence-corrected chi connectivity index (χ0v) is 12.9. The van der Waals surface area contributed by atoms with Gasteiger partial charge in [0.2, 0.25) is 5.91 Å². The van der Waals surface area contributed by atoms with E-state index in [1.54, 1.807) is 28.4 Å². The van der Waals surface area contributed by atoms with Crippen molar-refractivity contribution in [3.8, 4) is 0 Å². The van der Waals surface area contributed by atoms with Crippen LogP contribution in [0.3, 0.4) is 0 Å². The number of aryl methyl sites for hydroxylation is 2. The van der Waals surface area contributed by atoms with Crippen molar-refractivity contribution >= 4 is 17.2 Å². The number of nitrogens with zero attached hydrogens (tertiary/aromatic N) is 5. The minimum absolute atomic E-state index is 0.198. The van der Waals surface area contributed by atoms with Crippen molar-refractivity contribution in [3.63, 3.8) is 0 Å². The number of aromatic nitrogens is 4. The second-order valence-electron chi connectivity index (χ2n) is 5.42. The molecule has 0 bridgehead atoms. The number of amides is 1. The summed E-state index contributed by atoms with van der Waals surface area (Å²) >= 11 is 1.71. The molecule has 1 fully saturated rings. The number of carbonyl (C=O) groups is 1. The largest absolute Gasteiger partial charge is 0.342 e. The first kappa shape index (κ1) is 14.2. The van der Waals surface area contributed by atoms with Crippen molar-refractivity contribution in [1.29, 1.82) is 0 Å². The van der Waals surface area contributed by atoms with Crippen LogP contribution < -0.4 is 0 Å². The van der Waals surface area contributed by atoms with Gasteiger partial charge in [-0.1, -0.05) is 5.21 Å². The van der Waals surface area contributed by atoms with E-state index in [1.165, 1.54) is 5.01 Å². The van der Waals surface area contributed by atoms with E-state index in [2.05, 4.69) is 20.7 Å². The van der Waals surface area contributed by atoms with Crippen LogP contribution in [0, 0.1) is 6.92 Å². The molecule has 0 radical (unpaired) electrons. The number of hydrogen-bond acceptors (Lipinski definition) is 5. The van der Waals surface area contributed by atoms with E-state index >= 15 is 0 Å². The molecule has 3 rings (SSSR count). The van der Waals surface area contributed by atoms with Crippen LogP contribution >= 0.6 is 11.3 Å². The van der Waals surface area contributed by atoms with E-state index in [9.17, 15) is 4.79 Å². The average Bonchev–Trinajstić information content (AvgIpc) is 3.16. The quantitative estimate of drug-likeness (QED) is 0.864. The molecule has 1 aliphatic rings. The fourth-order valence-corrected chi connectivity index (χ4v) is 3.61. The fourth-order valence-electron chi connectivity index (χ4n) is 2.69. The van der Waals surface area contributed by atoms with E-state index < -0.39 is 0 Å². The van der Waals surface area contributed by atoms with Crippen LogP contribution in [0.25, 0.3) is 0 Å². The Bertz CT molecular complexity index is 594. The van der Waals surface area contributed by atoms with Crippen molar-refractivity contribution in [2.75, 3.05) is 13.1 Å². The van der Waals surface area contributed by atoms with Gasteiger partial charge in [0.05, 0.1) is 17.7 Å². The Morgan fingerprint density at radius 3 is 3.14 bits per heavy atom. The van der Waals surface area contributed by atoms with Gasteiger partial charge in [0.15, 0.2) is 0 Å². The summed E-state index contributed by atoms with van der Waals surface area (Å²) in [5.41, 5.74) is 1.07. The summed E-state index contributed by atoms with van der Waals surface area (Å²) in [4.78, 5) is 18.9. The van der Waals surface area contributed by atoms with Crippen molar-refractivity contribution in [1.82, 2.24) is 24.9 Å². The van der Waals surface area contributed by atoms with Gasteiger partial charge < -0.3 is 4.90 Å². The third-order valence-corrected chi connectivity index (χ3v) is 4.91. The molecule has 0 aromatic carbocycles. The van der Waals surface area contributed by atoms with Crippen LogP contribution in [0.15, 0.2) is 17.8 Å². The maximum Gasteiger partial charge on any atom is 0.224 e. The van der Waals surface area contributed by atoms with Gasteiger partial charge in [0, 0.05) is 42.7 Å². The second-order valence-corrected chi connectivity index (χ2v) is 6.31. The topological polar surface area (TPSA) is 63.9 Å². The van der Waals surface area contributed by atoms with Crippen LogP contribution in [0.5, 0.6) is 0 Å². The number of thiazole rings is 1. The molecule has 1 amide bonds. The molecular formula is C14H19N5OS. The van der Waals surface area contributed by atoms with Crippen molar-refractivity contribution in [2.24, 2.45) is 0 Å². The van der Waals surface area contributed by atoms with E-state index in [0.29, 0.717) is 18.9 Å². The molecule has 7 heteroatoms. The van der Waals surface area contributed by atoms with Gasteiger partial charge in [0.25, 0.3) is 0 Å². The van der Waals surface area contributed by atoms with E-state index in [0.717, 1.165) is 31.6 Å². The van der Waals surface area contributed by atoms with Gasteiger partial charge in [-0.3, -0.25) is 9.48 Å². The predicted molar refractivity (Wildman–Crippen MR) is 80.0 cm³/mol. The molecule has 0 aliphatic carbocycles. The molecule has 0 unspecified atom stereocenters. The first-order chi connectivity index (χ1) is 10.2. The SMILES string of the molecule is Cc1csc([C@H]2CCCN(C(=O)CCn3ccnn3)C2)n1. The Balaban J connectivity index is 1.56. The number of hydrogen-bond donors (Lipinski definition) is 0. The summed E-state index contributed by atoms with van der Waals surface area (Å²) in [5.74, 6) is 0.594. The highest BCUT2D eigenvalue weighted by molar-refractivity contribution is 7.09. The lowest BCUT2D eigenvalue weighted by Crippen LogP contribution is -2.39. The first-order valence-electron chi connectivity index (χ1n) is 7.26. The molecule has 112 valence electrons. The maximum atomic E-state index is 12.3. The number of rotatable bonds is 4. The van der Waals surface area contributed by atoms with E-state index in [1.807, 2.05) is 11.8 Å². The third-order valence-electron chi connectivity index (χ3n) is 3.79. The Labute approximate surface area is 127 Å². The summed E-state index contributed by atoms with van der Waals surface area (Å²) < 4.78 is 1.70. The van der Waals surface area contributed by atoms with Crippen LogP contribution in [0.1, 0.15) is 35.9 Å². The molecule has 1 saturated heterocycles. The Morgan fingerprint density at radius 1 is 1.52 bits per heavy atom. The third kappa shape index (κ3) is 3.47. The van der Waals surface area contributed by atoms with Gasteiger partial charge in [-0.05, 0) is 19.8 Å². The highest BCUT2D eigenvalue weighted by Crippen LogP contribution is 2.29. The van der Waals surface area contributed by atoms with Crippen LogP contribution in [-0.4, -0.2) is 43.9 Å². The monoisotopic (exact) mass is 305 g/mol. The average molecular weight is 305 g/mol. The molecule has 21 heavy (non-hydrogen) atoms. The van der Waals surface area contributed by atoms with Crippen LogP contribution in [-0.2, 0) is 11.3 Å². The summed E-state index contributed by atoms with van der Waals surface area (Å²) in [6.07, 6.45) is 6.07. The van der Waals surface area contributed by atoms with Crippen molar-refractivity contribution in [2.45, 2.75) is 38.6 Å². The molecule has 6 nitrogen and oxygen atoms in total. The van der Waals surface area contributed by atoms with Crippen LogP contribution in [0.4, 0.5) is 0 Å². The Hall–Kier alpha value is -1.76. The Kier molecular flexibility index (Phi) is 4.28. The lowest BCUT2D eigenvalue weighted by Gasteiger charge is -2.32. The molecule has 1 atom stereocenters. The van der Waals surface area contributed by atoms with Gasteiger partial charge in [0.1, 0.15) is 0 Å². The molecule has 2 aromatic heterocycles. The zero-order valence-electron chi connectivity index (χ0n) is 12.1. The minimum atomic E-state index is 0.198. The molecular weight excluding hydrogens is 286 g/mol. The normalized spacial score (nSPS) is 18.9. The summed E-state index contributed by atoms with van der Waals surface area (Å²) in [6.45, 7) is 4.26. The lowest BCUT2D eigenvalue weighted by molar-refractivity contribution is -0.132. The number of likely N-dealkylation sites (tertiary alicyclic amines) is 1. The highest BCUT2D eigenvalue weighted by Gasteiger charge is 2.26. The fraction of sp³-hybridized carbons (Fsp3) is 0.571. The standard InChI is InChI=1S/C14H19N5OS/c1-11-10-21-14(16-11)12-3-2-6-18(9-12)13(20)4-7-19-8-5-15-17-19/h5,8,10,12H,2-4,6-7,9H2,1H3/t12-/m0/s1. The smallest absolute Gasteiger partial charge is 0.224 e. The van der Waals surface area contributed by atoms with Crippen molar-refractivity contribution < 1.29 is 4.79 Å². The predicted octanol–water partition coefficient (Wildman–Crippen LogP) is 1.84. The molecule has 1 aliphatic heterocycles. The van der Waals surface area contributed by atoms with E-state index in [-0.39, 0.29) is 5.91 Å². The molecule has 0 N–H and O–H groups in total. The Morgan fingerprint density at radius 2 is 2.43 bits per heavy atom. The summed E-state index contributed by atoms with van der Waals surface area (Å²) in [7, 11) is 0. The van der Waals surface area contributed by atoms with Gasteiger partial charge in [-0.15, -0.1) is 16.4 Å². The summed E-state index contributed by atoms with van der Waals surface area (Å²) in [5, 5.41) is 10.9. The van der Waals surface area contributed by atoms with Gasteiger partial charge in [-0.2, -0.15) is 0 Å². The molecule has 0 spiro atoms. The minimum Gasteiger partial charge on any atom is -0.342 e. The summed E-state index contributed by atoms with van der Waals surface area (Å²) in [6, 6.07) is 0. The molecule has 3 heterocycles. The molecule has 0 saturated carbocycles. The first-order valence-corrected chi connectivity index (χ1v) is 8.14. The number of piperidine rings is 1. The maximum absolute atomic E-state index is 12.3. The molecule has 2 aromatic rings. The second kappa shape index (κ2) is 6.34. The lowest BCUT2D eigenvalue weighted by atomic mass is 9.98. The van der Waals surface area contributed by atoms with Gasteiger partial charge in [-0.25, -0.2) is 4.98 Å². The van der Waals surface area contributed by atoms with Gasteiger partial charge >= 0.3 is 0 Å². The number of carbonyl (C=O) groups excluding carboxylic acids is 1. The van der Waals surface area contributed by atoms with Crippen LogP contribution in [0.2, 0.25) is 0 Å². The van der Waals surface area contributed by atoms with E-state index in [4.69, 9.17) is 0 Å². The zero-order chi connectivity index (χ0) is 14.7. The van der Waals surface area contributed by atoms with Crippen molar-refractivity contribution in [3.05, 3.63) is 28.5 Å².